The molecule has 1 aromatic carbocycles. The summed E-state index contributed by atoms with van der Waals surface area (Å²) in [6, 6.07) is 4.77. The van der Waals surface area contributed by atoms with Gasteiger partial charge in [-0.2, -0.15) is 0 Å². The van der Waals surface area contributed by atoms with Crippen molar-refractivity contribution in [3.8, 4) is 0 Å². The number of carbonyl (C=O) groups excluding carboxylic acids is 1. The Kier molecular flexibility index (Phi) is 4.26. The van der Waals surface area contributed by atoms with Gasteiger partial charge in [0.05, 0.1) is 12.1 Å². The van der Waals surface area contributed by atoms with Crippen LogP contribution in [0.5, 0.6) is 0 Å². The Balaban J connectivity index is 2.63. The Morgan fingerprint density at radius 2 is 2.19 bits per heavy atom. The van der Waals surface area contributed by atoms with E-state index < -0.39 is 11.7 Å². The first kappa shape index (κ1) is 15.0. The van der Waals surface area contributed by atoms with Gasteiger partial charge in [-0.05, 0) is 24.1 Å². The Labute approximate surface area is 122 Å². The minimum absolute atomic E-state index is 0.0648. The van der Waals surface area contributed by atoms with Crippen molar-refractivity contribution in [2.45, 2.75) is 13.8 Å². The van der Waals surface area contributed by atoms with Crippen molar-refractivity contribution in [1.82, 2.24) is 4.98 Å². The minimum atomic E-state index is -0.518. The van der Waals surface area contributed by atoms with Gasteiger partial charge in [-0.3, -0.25) is 9.78 Å². The highest BCUT2D eigenvalue weighted by Gasteiger charge is 2.20. The van der Waals surface area contributed by atoms with Gasteiger partial charge in [0.15, 0.2) is 5.82 Å². The van der Waals surface area contributed by atoms with Crippen LogP contribution in [0.25, 0.3) is 10.9 Å². The summed E-state index contributed by atoms with van der Waals surface area (Å²) in [5.41, 5.74) is 12.2. The summed E-state index contributed by atoms with van der Waals surface area (Å²) in [4.78, 5) is 17.1. The van der Waals surface area contributed by atoms with Crippen molar-refractivity contribution in [3.05, 3.63) is 30.2 Å². The average Bonchev–Trinajstić information content (AvgIpc) is 2.37. The fourth-order valence-electron chi connectivity index (χ4n) is 2.39. The van der Waals surface area contributed by atoms with Crippen LogP contribution in [-0.2, 0) is 4.79 Å². The molecular formula is C15H19FN4O. The first-order chi connectivity index (χ1) is 9.90. The third-order valence-electron chi connectivity index (χ3n) is 3.10. The molecule has 0 saturated heterocycles. The van der Waals surface area contributed by atoms with Crippen molar-refractivity contribution >= 4 is 28.2 Å². The number of nitrogens with zero attached hydrogens (tertiary/aromatic N) is 2. The molecule has 0 bridgehead atoms. The molecule has 1 heterocycles. The molecular weight excluding hydrogens is 271 g/mol. The van der Waals surface area contributed by atoms with Crippen LogP contribution in [0.3, 0.4) is 0 Å². The highest BCUT2D eigenvalue weighted by atomic mass is 19.1. The number of carbonyl (C=O) groups is 1. The van der Waals surface area contributed by atoms with Crippen molar-refractivity contribution in [2.75, 3.05) is 23.7 Å². The highest BCUT2D eigenvalue weighted by molar-refractivity contribution is 5.99. The van der Waals surface area contributed by atoms with Gasteiger partial charge in [-0.1, -0.05) is 13.8 Å². The predicted molar refractivity (Wildman–Crippen MR) is 82.4 cm³/mol. The molecule has 0 aliphatic carbocycles. The molecule has 0 spiro atoms. The van der Waals surface area contributed by atoms with Crippen LogP contribution in [0.15, 0.2) is 24.4 Å². The average molecular weight is 290 g/mol. The molecule has 0 unspecified atom stereocenters. The smallest absolute Gasteiger partial charge is 0.236 e. The topological polar surface area (TPSA) is 85.2 Å². The predicted octanol–water partition coefficient (Wildman–Crippen LogP) is 1.90. The van der Waals surface area contributed by atoms with E-state index in [1.165, 1.54) is 6.07 Å². The van der Waals surface area contributed by atoms with Gasteiger partial charge in [0.2, 0.25) is 5.91 Å². The number of pyridine rings is 1. The van der Waals surface area contributed by atoms with Crippen LogP contribution in [-0.4, -0.2) is 24.0 Å². The Hall–Kier alpha value is -2.37. The number of hydrogen-bond donors (Lipinski definition) is 2. The van der Waals surface area contributed by atoms with Crippen molar-refractivity contribution in [2.24, 2.45) is 11.7 Å². The van der Waals surface area contributed by atoms with Crippen LogP contribution in [0.4, 0.5) is 15.8 Å². The largest absolute Gasteiger partial charge is 0.398 e. The first-order valence-electron chi connectivity index (χ1n) is 6.76. The lowest BCUT2D eigenvalue weighted by Gasteiger charge is -2.27. The summed E-state index contributed by atoms with van der Waals surface area (Å²) in [5.74, 6) is -0.781. The van der Waals surface area contributed by atoms with E-state index in [1.807, 2.05) is 13.8 Å². The van der Waals surface area contributed by atoms with E-state index >= 15 is 0 Å². The van der Waals surface area contributed by atoms with E-state index in [0.29, 0.717) is 23.1 Å². The number of aromatic nitrogens is 1. The second-order valence-electron chi connectivity index (χ2n) is 5.44. The number of primary amides is 1. The molecule has 1 amide bonds. The van der Waals surface area contributed by atoms with Crippen LogP contribution in [0.1, 0.15) is 13.8 Å². The monoisotopic (exact) mass is 290 g/mol. The zero-order valence-corrected chi connectivity index (χ0v) is 12.1. The summed E-state index contributed by atoms with van der Waals surface area (Å²) in [6.07, 6.45) is 1.57. The van der Waals surface area contributed by atoms with Gasteiger partial charge >= 0.3 is 0 Å². The summed E-state index contributed by atoms with van der Waals surface area (Å²) < 4.78 is 14.4. The lowest BCUT2D eigenvalue weighted by atomic mass is 10.1. The quantitative estimate of drug-likeness (QED) is 0.824. The van der Waals surface area contributed by atoms with Crippen LogP contribution >= 0.6 is 0 Å². The molecule has 2 aromatic rings. The lowest BCUT2D eigenvalue weighted by Crippen LogP contribution is -2.37. The molecule has 0 aliphatic rings. The van der Waals surface area contributed by atoms with E-state index in [4.69, 9.17) is 11.5 Å². The number of nitrogens with two attached hydrogens (primary N) is 2. The standard InChI is InChI=1S/C15H19FN4O/c1-9(2)7-20(8-13(18)21)15-11(16)6-12(17)10-4-3-5-19-14(10)15/h3-6,9H,7-8,17H2,1-2H3,(H2,18,21). The maximum absolute atomic E-state index is 14.4. The van der Waals surface area contributed by atoms with E-state index in [1.54, 1.807) is 23.2 Å². The van der Waals surface area contributed by atoms with E-state index in [0.717, 1.165) is 0 Å². The number of halogens is 1. The number of rotatable bonds is 5. The second kappa shape index (κ2) is 5.95. The molecule has 2 rings (SSSR count). The molecule has 0 aliphatic heterocycles. The molecule has 112 valence electrons. The molecule has 5 nitrogen and oxygen atoms in total. The molecule has 21 heavy (non-hydrogen) atoms. The first-order valence-corrected chi connectivity index (χ1v) is 6.76. The number of fused-ring (bicyclic) bond motifs is 1. The molecule has 1 aromatic heterocycles. The highest BCUT2D eigenvalue weighted by Crippen LogP contribution is 2.32. The number of anilines is 2. The second-order valence-corrected chi connectivity index (χ2v) is 5.44. The number of nitrogen functional groups attached to an aromatic ring is 1. The third kappa shape index (κ3) is 3.21. The van der Waals surface area contributed by atoms with Gasteiger partial charge in [0, 0.05) is 23.8 Å². The SMILES string of the molecule is CC(C)CN(CC(N)=O)c1c(F)cc(N)c2cccnc12. The van der Waals surface area contributed by atoms with E-state index in [2.05, 4.69) is 4.98 Å². The Morgan fingerprint density at radius 1 is 1.48 bits per heavy atom. The van der Waals surface area contributed by atoms with Gasteiger partial charge in [-0.15, -0.1) is 0 Å². The summed E-state index contributed by atoms with van der Waals surface area (Å²) in [7, 11) is 0. The zero-order chi connectivity index (χ0) is 15.6. The molecule has 6 heteroatoms. The lowest BCUT2D eigenvalue weighted by molar-refractivity contribution is -0.116. The number of benzene rings is 1. The van der Waals surface area contributed by atoms with Crippen LogP contribution < -0.4 is 16.4 Å². The van der Waals surface area contributed by atoms with Gasteiger partial charge in [0.25, 0.3) is 0 Å². The van der Waals surface area contributed by atoms with Gasteiger partial charge in [0.1, 0.15) is 5.69 Å². The van der Waals surface area contributed by atoms with Crippen LogP contribution in [0.2, 0.25) is 0 Å². The van der Waals surface area contributed by atoms with Gasteiger partial charge < -0.3 is 16.4 Å². The van der Waals surface area contributed by atoms with Crippen molar-refractivity contribution in [1.29, 1.82) is 0 Å². The fourth-order valence-corrected chi connectivity index (χ4v) is 2.39. The summed E-state index contributed by atoms with van der Waals surface area (Å²) in [5, 5.41) is 0.659. The molecule has 0 fully saturated rings. The maximum atomic E-state index is 14.4. The molecule has 0 radical (unpaired) electrons. The molecule has 0 atom stereocenters. The Bertz CT molecular complexity index is 672. The molecule has 0 saturated carbocycles. The Morgan fingerprint density at radius 3 is 2.81 bits per heavy atom. The van der Waals surface area contributed by atoms with Crippen molar-refractivity contribution < 1.29 is 9.18 Å². The van der Waals surface area contributed by atoms with E-state index in [9.17, 15) is 9.18 Å². The van der Waals surface area contributed by atoms with E-state index in [-0.39, 0.29) is 18.2 Å². The third-order valence-corrected chi connectivity index (χ3v) is 3.10. The van der Waals surface area contributed by atoms with Crippen molar-refractivity contribution in [3.63, 3.8) is 0 Å². The molecule has 4 N–H and O–H groups in total. The fraction of sp³-hybridized carbons (Fsp3) is 0.333. The zero-order valence-electron chi connectivity index (χ0n) is 12.1. The minimum Gasteiger partial charge on any atom is -0.398 e. The van der Waals surface area contributed by atoms with Crippen LogP contribution in [0, 0.1) is 11.7 Å². The number of amides is 1. The summed E-state index contributed by atoms with van der Waals surface area (Å²) >= 11 is 0. The number of hydrogen-bond acceptors (Lipinski definition) is 4. The summed E-state index contributed by atoms with van der Waals surface area (Å²) in [6.45, 7) is 4.40. The maximum Gasteiger partial charge on any atom is 0.236 e. The normalized spacial score (nSPS) is 11.0. The van der Waals surface area contributed by atoms with Gasteiger partial charge in [-0.25, -0.2) is 4.39 Å².